The van der Waals surface area contributed by atoms with Gasteiger partial charge in [-0.15, -0.1) is 0 Å². The van der Waals surface area contributed by atoms with Crippen molar-refractivity contribution >= 4 is 6.08 Å². The van der Waals surface area contributed by atoms with Crippen LogP contribution in [0.4, 0.5) is 0 Å². The molecule has 0 bridgehead atoms. The fraction of sp³-hybridized carbons (Fsp3) is 0.452. The summed E-state index contributed by atoms with van der Waals surface area (Å²) in [6.07, 6.45) is 17.1. The number of benzene rings is 2. The average molecular weight is 438 g/mol. The Balaban J connectivity index is 1.66. The van der Waals surface area contributed by atoms with Crippen molar-refractivity contribution in [2.24, 2.45) is 5.92 Å². The highest BCUT2D eigenvalue weighted by Gasteiger charge is 2.53. The molecule has 3 aliphatic rings. The maximum atomic E-state index is 2.83. The van der Waals surface area contributed by atoms with E-state index in [1.54, 1.807) is 5.82 Å². The molecule has 6 rings (SSSR count). The Morgan fingerprint density at radius 2 is 1.45 bits per heavy atom. The van der Waals surface area contributed by atoms with Crippen LogP contribution < -0.4 is 4.57 Å². The van der Waals surface area contributed by atoms with Gasteiger partial charge in [0.25, 0.3) is 5.82 Å². The van der Waals surface area contributed by atoms with Crippen LogP contribution in [0.2, 0.25) is 0 Å². The summed E-state index contributed by atoms with van der Waals surface area (Å²) in [6.45, 7) is 4.62. The van der Waals surface area contributed by atoms with Crippen LogP contribution in [0.15, 0.2) is 60.7 Å². The second kappa shape index (κ2) is 8.31. The lowest BCUT2D eigenvalue weighted by atomic mass is 9.71. The summed E-state index contributed by atoms with van der Waals surface area (Å²) in [7, 11) is 0. The number of nitrogens with zero attached hydrogens (tertiary/aromatic N) is 2. The Kier molecular flexibility index (Phi) is 5.28. The first-order valence-corrected chi connectivity index (χ1v) is 13.2. The SMILES string of the molecule is Cc1ccccc1-n1c(C)c2[n+](c1C1CCCC1)C(c1ccccc1)(C1CCCCC1)C=C2. The van der Waals surface area contributed by atoms with Crippen LogP contribution in [0.5, 0.6) is 0 Å². The molecule has 2 aromatic carbocycles. The van der Waals surface area contributed by atoms with E-state index >= 15 is 0 Å². The highest BCUT2D eigenvalue weighted by Crippen LogP contribution is 2.46. The Morgan fingerprint density at radius 1 is 0.788 bits per heavy atom. The predicted octanol–water partition coefficient (Wildman–Crippen LogP) is 7.39. The smallest absolute Gasteiger partial charge is 0.213 e. The topological polar surface area (TPSA) is 8.81 Å². The summed E-state index contributed by atoms with van der Waals surface area (Å²) in [5, 5.41) is 0. The van der Waals surface area contributed by atoms with E-state index < -0.39 is 0 Å². The van der Waals surface area contributed by atoms with Gasteiger partial charge in [0, 0.05) is 18.4 Å². The molecule has 1 atom stereocenters. The third kappa shape index (κ3) is 3.17. The van der Waals surface area contributed by atoms with Crippen molar-refractivity contribution in [2.45, 2.75) is 83.1 Å². The first kappa shape index (κ1) is 21.0. The minimum Gasteiger partial charge on any atom is -0.213 e. The number of hydrogen-bond acceptors (Lipinski definition) is 0. The van der Waals surface area contributed by atoms with Gasteiger partial charge in [-0.05, 0) is 56.4 Å². The number of para-hydroxylation sites is 1. The van der Waals surface area contributed by atoms with Gasteiger partial charge in [-0.25, -0.2) is 4.57 Å². The average Bonchev–Trinajstić information content (AvgIpc) is 3.58. The molecule has 1 unspecified atom stereocenters. The summed E-state index contributed by atoms with van der Waals surface area (Å²) in [5.74, 6) is 2.83. The summed E-state index contributed by atoms with van der Waals surface area (Å²) in [4.78, 5) is 0. The van der Waals surface area contributed by atoms with Crippen molar-refractivity contribution in [1.29, 1.82) is 0 Å². The molecule has 2 nitrogen and oxygen atoms in total. The number of aromatic nitrogens is 2. The minimum atomic E-state index is -0.0619. The van der Waals surface area contributed by atoms with Gasteiger partial charge in [-0.2, -0.15) is 4.57 Å². The molecular weight excluding hydrogens is 400 g/mol. The third-order valence-electron chi connectivity index (χ3n) is 8.81. The lowest BCUT2D eigenvalue weighted by Crippen LogP contribution is -2.61. The molecule has 0 N–H and O–H groups in total. The first-order chi connectivity index (χ1) is 16.2. The van der Waals surface area contributed by atoms with Gasteiger partial charge in [0.15, 0.2) is 16.9 Å². The van der Waals surface area contributed by atoms with Gasteiger partial charge in [0.2, 0.25) is 0 Å². The second-order valence-corrected chi connectivity index (χ2v) is 10.6. The van der Waals surface area contributed by atoms with Crippen LogP contribution in [0.1, 0.15) is 92.0 Å². The van der Waals surface area contributed by atoms with Crippen LogP contribution in [-0.4, -0.2) is 4.57 Å². The van der Waals surface area contributed by atoms with E-state index in [1.165, 1.54) is 86.0 Å². The lowest BCUT2D eigenvalue weighted by Gasteiger charge is -2.38. The highest BCUT2D eigenvalue weighted by molar-refractivity contribution is 5.55. The van der Waals surface area contributed by atoms with Gasteiger partial charge in [0.05, 0.1) is 5.92 Å². The Morgan fingerprint density at radius 3 is 2.18 bits per heavy atom. The van der Waals surface area contributed by atoms with Gasteiger partial charge in [0.1, 0.15) is 5.69 Å². The molecule has 0 saturated heterocycles. The number of allylic oxidation sites excluding steroid dienone is 1. The van der Waals surface area contributed by atoms with Crippen molar-refractivity contribution in [3.63, 3.8) is 0 Å². The largest absolute Gasteiger partial charge is 0.266 e. The lowest BCUT2D eigenvalue weighted by molar-refractivity contribution is -0.754. The third-order valence-corrected chi connectivity index (χ3v) is 8.81. The van der Waals surface area contributed by atoms with Gasteiger partial charge < -0.3 is 0 Å². The zero-order chi connectivity index (χ0) is 22.4. The fourth-order valence-corrected chi connectivity index (χ4v) is 7.23. The molecule has 3 aromatic rings. The monoisotopic (exact) mass is 437 g/mol. The molecule has 2 aliphatic carbocycles. The van der Waals surface area contributed by atoms with Gasteiger partial charge in [-0.3, -0.25) is 0 Å². The molecule has 2 fully saturated rings. The van der Waals surface area contributed by atoms with Crippen molar-refractivity contribution < 1.29 is 4.57 Å². The van der Waals surface area contributed by atoms with E-state index in [0.29, 0.717) is 11.8 Å². The standard InChI is InChI=1S/C31H37N2/c1-23-13-9-12-20-28(23)32-24(2)29-21-22-31(26-16-5-3-6-17-26,27-18-7-4-8-19-27)33(29)30(32)25-14-10-11-15-25/h3,5-6,9,12-13,16-17,20-22,25,27H,4,7-8,10-11,14-15,18-19H2,1-2H3/q+1. The number of aryl methyl sites for hydroxylation is 1. The summed E-state index contributed by atoms with van der Waals surface area (Å²) >= 11 is 0. The van der Waals surface area contributed by atoms with E-state index in [2.05, 4.69) is 89.7 Å². The van der Waals surface area contributed by atoms with Crippen molar-refractivity contribution in [1.82, 2.24) is 4.57 Å². The summed E-state index contributed by atoms with van der Waals surface area (Å²) < 4.78 is 5.47. The van der Waals surface area contributed by atoms with Crippen molar-refractivity contribution in [3.05, 3.63) is 89.0 Å². The van der Waals surface area contributed by atoms with Crippen molar-refractivity contribution in [2.75, 3.05) is 0 Å². The molecule has 0 amide bonds. The number of rotatable bonds is 4. The van der Waals surface area contributed by atoms with E-state index in [-0.39, 0.29) is 5.54 Å². The Bertz CT molecular complexity index is 1170. The van der Waals surface area contributed by atoms with Crippen molar-refractivity contribution in [3.8, 4) is 5.69 Å². The Labute approximate surface area is 199 Å². The molecule has 1 aliphatic heterocycles. The zero-order valence-electron chi connectivity index (χ0n) is 20.3. The molecule has 2 heterocycles. The summed E-state index contributed by atoms with van der Waals surface area (Å²) in [5.41, 5.74) is 6.95. The Hall–Kier alpha value is -2.61. The number of fused-ring (bicyclic) bond motifs is 1. The van der Waals surface area contributed by atoms with E-state index in [1.807, 2.05) is 0 Å². The van der Waals surface area contributed by atoms with Gasteiger partial charge in [-0.1, -0.05) is 80.6 Å². The molecule has 0 radical (unpaired) electrons. The van der Waals surface area contributed by atoms with Crippen LogP contribution in [0.25, 0.3) is 11.8 Å². The minimum absolute atomic E-state index is 0.0619. The van der Waals surface area contributed by atoms with Crippen LogP contribution >= 0.6 is 0 Å². The van der Waals surface area contributed by atoms with E-state index in [9.17, 15) is 0 Å². The molecule has 2 heteroatoms. The molecule has 1 aromatic heterocycles. The highest BCUT2D eigenvalue weighted by atomic mass is 15.2. The number of hydrogen-bond donors (Lipinski definition) is 0. The number of imidazole rings is 1. The van der Waals surface area contributed by atoms with Crippen LogP contribution in [0, 0.1) is 19.8 Å². The molecule has 170 valence electrons. The second-order valence-electron chi connectivity index (χ2n) is 10.6. The molecule has 2 saturated carbocycles. The molecule has 33 heavy (non-hydrogen) atoms. The maximum Gasteiger partial charge on any atom is 0.266 e. The first-order valence-electron chi connectivity index (χ1n) is 13.2. The van der Waals surface area contributed by atoms with Crippen LogP contribution in [-0.2, 0) is 5.54 Å². The summed E-state index contributed by atoms with van der Waals surface area (Å²) in [6, 6.07) is 20.4. The molecule has 0 spiro atoms. The predicted molar refractivity (Wildman–Crippen MR) is 136 cm³/mol. The van der Waals surface area contributed by atoms with E-state index in [4.69, 9.17) is 0 Å². The zero-order valence-corrected chi connectivity index (χ0v) is 20.3. The van der Waals surface area contributed by atoms with E-state index in [0.717, 1.165) is 0 Å². The fourth-order valence-electron chi connectivity index (χ4n) is 7.23. The van der Waals surface area contributed by atoms with Gasteiger partial charge >= 0.3 is 0 Å². The quantitative estimate of drug-likeness (QED) is 0.376. The normalized spacial score (nSPS) is 23.3. The maximum absolute atomic E-state index is 2.83. The van der Waals surface area contributed by atoms with Crippen LogP contribution in [0.3, 0.4) is 0 Å². The molecular formula is C31H37N2+.